The molecule has 0 bridgehead atoms. The van der Waals surface area contributed by atoms with Gasteiger partial charge < -0.3 is 19.2 Å². The van der Waals surface area contributed by atoms with E-state index in [1.165, 1.54) is 128 Å². The highest BCUT2D eigenvalue weighted by atomic mass is 16.3. The van der Waals surface area contributed by atoms with Crippen molar-refractivity contribution in [1.29, 1.82) is 0 Å². The summed E-state index contributed by atoms with van der Waals surface area (Å²) >= 11 is 0. The summed E-state index contributed by atoms with van der Waals surface area (Å²) in [4.78, 5) is 2.25. The van der Waals surface area contributed by atoms with Gasteiger partial charge in [0, 0.05) is 13.1 Å². The number of likely N-dealkylation sites (N-methyl/N-ethyl adjacent to an activating group) is 3. The van der Waals surface area contributed by atoms with Crippen LogP contribution in [0.15, 0.2) is 0 Å². The van der Waals surface area contributed by atoms with Crippen molar-refractivity contribution in [2.75, 3.05) is 74.0 Å². The molecular weight excluding hydrogens is 506 g/mol. The molecule has 0 aliphatic rings. The van der Waals surface area contributed by atoms with Gasteiger partial charge in [0.05, 0.1) is 41.3 Å². The van der Waals surface area contributed by atoms with E-state index in [9.17, 15) is 10.2 Å². The predicted octanol–water partition coefficient (Wildman–Crippen LogP) is 8.02. The lowest BCUT2D eigenvalue weighted by Gasteiger charge is -2.35. The highest BCUT2D eigenvalue weighted by molar-refractivity contribution is 4.68. The normalized spacial score (nSPS) is 14.2. The van der Waals surface area contributed by atoms with Gasteiger partial charge in [0.15, 0.2) is 0 Å². The Hall–Kier alpha value is -0.200. The standard InChI is InChI=1S/C36H79N3O2/c1-8-11-13-15-17-19-21-23-25-27-29-38(4,5)33-35(40)31-37(10-3)32-36(41)34-39(6,7)30-28-26-24-22-20-18-16-14-12-9-2/h35-36,40-41H,8-34H2,1-7H3/q+2. The molecule has 0 aliphatic carbocycles. The van der Waals surface area contributed by atoms with Gasteiger partial charge in [0.1, 0.15) is 25.3 Å². The monoisotopic (exact) mass is 586 g/mol. The van der Waals surface area contributed by atoms with Crippen LogP contribution in [0.4, 0.5) is 0 Å². The largest absolute Gasteiger partial charge is 0.386 e. The van der Waals surface area contributed by atoms with Crippen molar-refractivity contribution in [1.82, 2.24) is 4.90 Å². The van der Waals surface area contributed by atoms with E-state index < -0.39 is 0 Å². The summed E-state index contributed by atoms with van der Waals surface area (Å²) in [7, 11) is 9.04. The topological polar surface area (TPSA) is 43.7 Å². The van der Waals surface area contributed by atoms with E-state index in [2.05, 4.69) is 53.9 Å². The van der Waals surface area contributed by atoms with Crippen LogP contribution in [0.25, 0.3) is 0 Å². The third-order valence-corrected chi connectivity index (χ3v) is 9.03. The van der Waals surface area contributed by atoms with E-state index >= 15 is 0 Å². The molecule has 0 aromatic heterocycles. The van der Waals surface area contributed by atoms with Crippen molar-refractivity contribution in [3.05, 3.63) is 0 Å². The Morgan fingerprint density at radius 1 is 0.439 bits per heavy atom. The van der Waals surface area contributed by atoms with Crippen molar-refractivity contribution < 1.29 is 19.2 Å². The van der Waals surface area contributed by atoms with Crippen molar-refractivity contribution in [2.45, 2.75) is 161 Å². The molecule has 0 aromatic rings. The van der Waals surface area contributed by atoms with Gasteiger partial charge in [0.25, 0.3) is 0 Å². The molecule has 0 radical (unpaired) electrons. The SMILES string of the molecule is CCCCCCCCCCCC[N+](C)(C)CC(O)CN(CC)CC(O)C[N+](C)(C)CCCCCCCCCCCC. The molecule has 0 rings (SSSR count). The molecule has 0 fully saturated rings. The van der Waals surface area contributed by atoms with Gasteiger partial charge in [-0.2, -0.15) is 0 Å². The summed E-state index contributed by atoms with van der Waals surface area (Å²) in [6.07, 6.45) is 26.6. The summed E-state index contributed by atoms with van der Waals surface area (Å²) < 4.78 is 1.75. The fraction of sp³-hybridized carbons (Fsp3) is 1.00. The minimum Gasteiger partial charge on any atom is -0.386 e. The first-order valence-electron chi connectivity index (χ1n) is 18.3. The maximum Gasteiger partial charge on any atom is 0.115 e. The smallest absolute Gasteiger partial charge is 0.115 e. The Kier molecular flexibility index (Phi) is 26.1. The molecule has 5 heteroatoms. The predicted molar refractivity (Wildman–Crippen MR) is 182 cm³/mol. The molecule has 2 N–H and O–H groups in total. The Labute approximate surface area is 259 Å². The molecule has 2 unspecified atom stereocenters. The molecule has 0 amide bonds. The molecule has 0 saturated heterocycles. The zero-order valence-corrected chi connectivity index (χ0v) is 29.5. The Morgan fingerprint density at radius 2 is 0.707 bits per heavy atom. The summed E-state index contributed by atoms with van der Waals surface area (Å²) in [5.74, 6) is 0. The number of hydrogen-bond donors (Lipinski definition) is 2. The molecule has 248 valence electrons. The summed E-state index contributed by atoms with van der Waals surface area (Å²) in [6, 6.07) is 0. The Balaban J connectivity index is 4.09. The van der Waals surface area contributed by atoms with E-state index in [0.717, 1.165) is 41.7 Å². The van der Waals surface area contributed by atoms with Crippen LogP contribution in [0, 0.1) is 0 Å². The fourth-order valence-electron chi connectivity index (χ4n) is 6.42. The molecular formula is C36H79N3O2+2. The second-order valence-corrected chi connectivity index (χ2v) is 14.7. The molecule has 5 nitrogen and oxygen atoms in total. The lowest BCUT2D eigenvalue weighted by atomic mass is 10.1. The first-order valence-corrected chi connectivity index (χ1v) is 18.3. The first-order chi connectivity index (χ1) is 19.5. The van der Waals surface area contributed by atoms with Crippen molar-refractivity contribution in [3.63, 3.8) is 0 Å². The summed E-state index contributed by atoms with van der Waals surface area (Å²) in [6.45, 7) is 12.7. The van der Waals surface area contributed by atoms with Crippen LogP contribution in [-0.2, 0) is 0 Å². The highest BCUT2D eigenvalue weighted by Gasteiger charge is 2.25. The van der Waals surface area contributed by atoms with Crippen molar-refractivity contribution in [3.8, 4) is 0 Å². The Bertz CT molecular complexity index is 509. The molecule has 0 aromatic carbocycles. The highest BCUT2D eigenvalue weighted by Crippen LogP contribution is 2.14. The van der Waals surface area contributed by atoms with Gasteiger partial charge in [0.2, 0.25) is 0 Å². The number of aliphatic hydroxyl groups excluding tert-OH is 2. The van der Waals surface area contributed by atoms with Crippen LogP contribution >= 0.6 is 0 Å². The minimum atomic E-state index is -0.352. The number of quaternary nitrogens is 2. The van der Waals surface area contributed by atoms with Crippen LogP contribution in [0.5, 0.6) is 0 Å². The van der Waals surface area contributed by atoms with E-state index in [0.29, 0.717) is 13.1 Å². The molecule has 0 saturated carbocycles. The lowest BCUT2D eigenvalue weighted by molar-refractivity contribution is -0.893. The quantitative estimate of drug-likeness (QED) is 0.0639. The average molecular weight is 586 g/mol. The second kappa shape index (κ2) is 26.2. The van der Waals surface area contributed by atoms with Gasteiger partial charge in [-0.15, -0.1) is 0 Å². The van der Waals surface area contributed by atoms with E-state index in [-0.39, 0.29) is 12.2 Å². The van der Waals surface area contributed by atoms with Crippen molar-refractivity contribution in [2.24, 2.45) is 0 Å². The van der Waals surface area contributed by atoms with Gasteiger partial charge >= 0.3 is 0 Å². The van der Waals surface area contributed by atoms with Crippen LogP contribution in [-0.4, -0.2) is 110 Å². The van der Waals surface area contributed by atoms with Gasteiger partial charge in [-0.1, -0.05) is 124 Å². The van der Waals surface area contributed by atoms with Gasteiger partial charge in [-0.25, -0.2) is 0 Å². The van der Waals surface area contributed by atoms with E-state index in [4.69, 9.17) is 0 Å². The number of hydrogen-bond acceptors (Lipinski definition) is 3. The molecule has 0 aliphatic heterocycles. The number of rotatable bonds is 31. The molecule has 2 atom stereocenters. The second-order valence-electron chi connectivity index (χ2n) is 14.7. The third kappa shape index (κ3) is 27.1. The van der Waals surface area contributed by atoms with Crippen LogP contribution in [0.3, 0.4) is 0 Å². The van der Waals surface area contributed by atoms with Crippen molar-refractivity contribution >= 4 is 0 Å². The summed E-state index contributed by atoms with van der Waals surface area (Å²) in [5.41, 5.74) is 0. The van der Waals surface area contributed by atoms with Crippen LogP contribution in [0.2, 0.25) is 0 Å². The number of nitrogens with zero attached hydrogens (tertiary/aromatic N) is 3. The molecule has 0 spiro atoms. The molecule has 41 heavy (non-hydrogen) atoms. The van der Waals surface area contributed by atoms with Crippen LogP contribution < -0.4 is 0 Å². The summed E-state index contributed by atoms with van der Waals surface area (Å²) in [5, 5.41) is 21.8. The zero-order valence-electron chi connectivity index (χ0n) is 29.5. The maximum atomic E-state index is 10.9. The van der Waals surface area contributed by atoms with E-state index in [1.54, 1.807) is 0 Å². The lowest BCUT2D eigenvalue weighted by Crippen LogP contribution is -2.52. The maximum absolute atomic E-state index is 10.9. The van der Waals surface area contributed by atoms with E-state index in [1.807, 2.05) is 0 Å². The number of unbranched alkanes of at least 4 members (excludes halogenated alkanes) is 18. The Morgan fingerprint density at radius 3 is 0.976 bits per heavy atom. The van der Waals surface area contributed by atoms with Crippen LogP contribution in [0.1, 0.15) is 149 Å². The fourth-order valence-corrected chi connectivity index (χ4v) is 6.42. The zero-order chi connectivity index (χ0) is 30.8. The third-order valence-electron chi connectivity index (χ3n) is 9.03. The average Bonchev–Trinajstić information content (AvgIpc) is 2.89. The minimum absolute atomic E-state index is 0.352. The van der Waals surface area contributed by atoms with Gasteiger partial charge in [-0.3, -0.25) is 4.90 Å². The molecule has 0 heterocycles. The first kappa shape index (κ1) is 40.8. The number of aliphatic hydroxyl groups is 2. The van der Waals surface area contributed by atoms with Gasteiger partial charge in [-0.05, 0) is 32.2 Å².